The van der Waals surface area contributed by atoms with Crippen molar-refractivity contribution in [2.24, 2.45) is 11.7 Å². The highest BCUT2D eigenvalue weighted by molar-refractivity contribution is 7.12. The molecular formula is C9H13NOS. The lowest BCUT2D eigenvalue weighted by Crippen LogP contribution is -2.35. The van der Waals surface area contributed by atoms with Gasteiger partial charge in [0.05, 0.1) is 10.9 Å². The summed E-state index contributed by atoms with van der Waals surface area (Å²) in [6.07, 6.45) is 0. The largest absolute Gasteiger partial charge is 0.321 e. The maximum atomic E-state index is 11.5. The molecule has 0 saturated heterocycles. The van der Waals surface area contributed by atoms with E-state index >= 15 is 0 Å². The summed E-state index contributed by atoms with van der Waals surface area (Å²) in [6.45, 7) is 3.91. The molecule has 0 amide bonds. The minimum atomic E-state index is -0.358. The second kappa shape index (κ2) is 3.83. The van der Waals surface area contributed by atoms with E-state index in [9.17, 15) is 4.79 Å². The molecule has 12 heavy (non-hydrogen) atoms. The van der Waals surface area contributed by atoms with Crippen molar-refractivity contribution in [1.29, 1.82) is 0 Å². The Bertz CT molecular complexity index is 254. The van der Waals surface area contributed by atoms with Crippen LogP contribution in [0.2, 0.25) is 0 Å². The second-order valence-electron chi connectivity index (χ2n) is 3.11. The number of thiophene rings is 1. The number of Topliss-reactive ketones (excluding diaryl/α,β-unsaturated/α-hetero) is 1. The van der Waals surface area contributed by atoms with Gasteiger partial charge in [-0.15, -0.1) is 11.3 Å². The molecule has 0 aliphatic heterocycles. The zero-order valence-corrected chi connectivity index (χ0v) is 8.10. The van der Waals surface area contributed by atoms with Crippen LogP contribution in [0.15, 0.2) is 17.5 Å². The van der Waals surface area contributed by atoms with Gasteiger partial charge in [0.15, 0.2) is 5.78 Å². The van der Waals surface area contributed by atoms with E-state index in [1.807, 2.05) is 31.4 Å². The molecular weight excluding hydrogens is 170 g/mol. The fraction of sp³-hybridized carbons (Fsp3) is 0.444. The van der Waals surface area contributed by atoms with E-state index in [0.717, 1.165) is 4.88 Å². The average molecular weight is 183 g/mol. The Labute approximate surface area is 76.4 Å². The van der Waals surface area contributed by atoms with Crippen LogP contribution in [-0.2, 0) is 0 Å². The zero-order chi connectivity index (χ0) is 9.14. The molecule has 0 saturated carbocycles. The lowest BCUT2D eigenvalue weighted by molar-refractivity contribution is 0.0944. The molecule has 1 atom stereocenters. The van der Waals surface area contributed by atoms with E-state index < -0.39 is 0 Å². The van der Waals surface area contributed by atoms with Crippen LogP contribution in [0.25, 0.3) is 0 Å². The first-order valence-corrected chi connectivity index (χ1v) is 4.84. The van der Waals surface area contributed by atoms with Gasteiger partial charge in [0.1, 0.15) is 0 Å². The molecule has 1 aromatic heterocycles. The first-order valence-electron chi connectivity index (χ1n) is 3.96. The summed E-state index contributed by atoms with van der Waals surface area (Å²) < 4.78 is 0. The molecule has 1 unspecified atom stereocenters. The minimum Gasteiger partial charge on any atom is -0.321 e. The molecule has 0 aliphatic carbocycles. The van der Waals surface area contributed by atoms with E-state index in [2.05, 4.69) is 0 Å². The van der Waals surface area contributed by atoms with Gasteiger partial charge in [0, 0.05) is 0 Å². The maximum Gasteiger partial charge on any atom is 0.189 e. The summed E-state index contributed by atoms with van der Waals surface area (Å²) in [7, 11) is 0. The van der Waals surface area contributed by atoms with Gasteiger partial charge >= 0.3 is 0 Å². The van der Waals surface area contributed by atoms with Crippen LogP contribution in [0.3, 0.4) is 0 Å². The van der Waals surface area contributed by atoms with Gasteiger partial charge in [0.25, 0.3) is 0 Å². The average Bonchev–Trinajstić information content (AvgIpc) is 2.53. The Balaban J connectivity index is 2.72. The van der Waals surface area contributed by atoms with Crippen LogP contribution in [0.4, 0.5) is 0 Å². The number of rotatable bonds is 3. The second-order valence-corrected chi connectivity index (χ2v) is 4.06. The summed E-state index contributed by atoms with van der Waals surface area (Å²) in [5.74, 6) is 0.264. The predicted octanol–water partition coefficient (Wildman–Crippen LogP) is 1.91. The molecule has 0 aliphatic rings. The van der Waals surface area contributed by atoms with E-state index in [1.165, 1.54) is 11.3 Å². The Morgan fingerprint density at radius 3 is 2.67 bits per heavy atom. The number of hydrogen-bond acceptors (Lipinski definition) is 3. The van der Waals surface area contributed by atoms with Gasteiger partial charge in [-0.1, -0.05) is 19.9 Å². The van der Waals surface area contributed by atoms with Crippen LogP contribution >= 0.6 is 11.3 Å². The summed E-state index contributed by atoms with van der Waals surface area (Å²) in [4.78, 5) is 12.3. The third kappa shape index (κ3) is 1.93. The molecule has 1 aromatic rings. The van der Waals surface area contributed by atoms with Crippen molar-refractivity contribution >= 4 is 17.1 Å². The monoisotopic (exact) mass is 183 g/mol. The Morgan fingerprint density at radius 1 is 1.58 bits per heavy atom. The molecule has 1 rings (SSSR count). The van der Waals surface area contributed by atoms with E-state index in [0.29, 0.717) is 0 Å². The number of carbonyl (C=O) groups excluding carboxylic acids is 1. The smallest absolute Gasteiger partial charge is 0.189 e. The fourth-order valence-corrected chi connectivity index (χ4v) is 1.60. The van der Waals surface area contributed by atoms with Crippen LogP contribution in [0.5, 0.6) is 0 Å². The fourth-order valence-electron chi connectivity index (χ4n) is 0.886. The van der Waals surface area contributed by atoms with E-state index in [4.69, 9.17) is 5.73 Å². The standard InChI is InChI=1S/C9H13NOS/c1-6(2)8(10)9(11)7-4-3-5-12-7/h3-6,8H,10H2,1-2H3. The van der Waals surface area contributed by atoms with Crippen molar-refractivity contribution in [3.63, 3.8) is 0 Å². The molecule has 3 heteroatoms. The highest BCUT2D eigenvalue weighted by Gasteiger charge is 2.19. The molecule has 0 fully saturated rings. The SMILES string of the molecule is CC(C)C(N)C(=O)c1cccs1. The molecule has 0 spiro atoms. The molecule has 0 aromatic carbocycles. The third-order valence-electron chi connectivity index (χ3n) is 1.79. The lowest BCUT2D eigenvalue weighted by Gasteiger charge is -2.12. The topological polar surface area (TPSA) is 43.1 Å². The molecule has 66 valence electrons. The first kappa shape index (κ1) is 9.42. The van der Waals surface area contributed by atoms with Crippen molar-refractivity contribution in [3.8, 4) is 0 Å². The Kier molecular flexibility index (Phi) is 3.00. The predicted molar refractivity (Wildman–Crippen MR) is 51.5 cm³/mol. The molecule has 2 nitrogen and oxygen atoms in total. The number of nitrogens with two attached hydrogens (primary N) is 1. The number of hydrogen-bond donors (Lipinski definition) is 1. The lowest BCUT2D eigenvalue weighted by atomic mass is 10.0. The maximum absolute atomic E-state index is 11.5. The zero-order valence-electron chi connectivity index (χ0n) is 7.28. The van der Waals surface area contributed by atoms with Crippen LogP contribution in [-0.4, -0.2) is 11.8 Å². The van der Waals surface area contributed by atoms with E-state index in [-0.39, 0.29) is 17.7 Å². The normalized spacial score (nSPS) is 13.3. The van der Waals surface area contributed by atoms with Crippen molar-refractivity contribution in [1.82, 2.24) is 0 Å². The van der Waals surface area contributed by atoms with Crippen molar-refractivity contribution in [2.75, 3.05) is 0 Å². The van der Waals surface area contributed by atoms with Crippen LogP contribution in [0.1, 0.15) is 23.5 Å². The van der Waals surface area contributed by atoms with Gasteiger partial charge in [-0.3, -0.25) is 4.79 Å². The van der Waals surface area contributed by atoms with Crippen molar-refractivity contribution in [3.05, 3.63) is 22.4 Å². The summed E-state index contributed by atoms with van der Waals surface area (Å²) in [5, 5.41) is 1.89. The van der Waals surface area contributed by atoms with Gasteiger partial charge in [-0.25, -0.2) is 0 Å². The molecule has 2 N–H and O–H groups in total. The van der Waals surface area contributed by atoms with E-state index in [1.54, 1.807) is 0 Å². The summed E-state index contributed by atoms with van der Waals surface area (Å²) in [6, 6.07) is 3.32. The molecule has 0 bridgehead atoms. The van der Waals surface area contributed by atoms with Crippen LogP contribution < -0.4 is 5.73 Å². The molecule has 1 heterocycles. The Morgan fingerprint density at radius 2 is 2.25 bits per heavy atom. The Hall–Kier alpha value is -0.670. The highest BCUT2D eigenvalue weighted by Crippen LogP contribution is 2.13. The molecule has 0 radical (unpaired) electrons. The van der Waals surface area contributed by atoms with Crippen LogP contribution in [0, 0.1) is 5.92 Å². The van der Waals surface area contributed by atoms with Crippen molar-refractivity contribution < 1.29 is 4.79 Å². The number of carbonyl (C=O) groups is 1. The van der Waals surface area contributed by atoms with Gasteiger partial charge in [-0.2, -0.15) is 0 Å². The third-order valence-corrected chi connectivity index (χ3v) is 2.67. The van der Waals surface area contributed by atoms with Gasteiger partial charge < -0.3 is 5.73 Å². The quantitative estimate of drug-likeness (QED) is 0.727. The van der Waals surface area contributed by atoms with Gasteiger partial charge in [0.2, 0.25) is 0 Å². The van der Waals surface area contributed by atoms with Crippen molar-refractivity contribution in [2.45, 2.75) is 19.9 Å². The summed E-state index contributed by atoms with van der Waals surface area (Å²) in [5.41, 5.74) is 5.71. The minimum absolute atomic E-state index is 0.0556. The number of ketones is 1. The summed E-state index contributed by atoms with van der Waals surface area (Å²) >= 11 is 1.45. The first-order chi connectivity index (χ1) is 5.63. The van der Waals surface area contributed by atoms with Gasteiger partial charge in [-0.05, 0) is 17.4 Å². The highest BCUT2D eigenvalue weighted by atomic mass is 32.1.